The summed E-state index contributed by atoms with van der Waals surface area (Å²) < 4.78 is 48.3. The number of para-hydroxylation sites is 1. The van der Waals surface area contributed by atoms with Crippen LogP contribution in [0.5, 0.6) is 5.75 Å². The van der Waals surface area contributed by atoms with Crippen molar-refractivity contribution in [3.8, 4) is 5.75 Å². The lowest BCUT2D eigenvalue weighted by Crippen LogP contribution is -2.31. The molecule has 1 atom stereocenters. The van der Waals surface area contributed by atoms with E-state index in [4.69, 9.17) is 4.74 Å². The van der Waals surface area contributed by atoms with Gasteiger partial charge < -0.3 is 9.26 Å². The molecule has 2 rings (SSSR count). The first-order valence-corrected chi connectivity index (χ1v) is 6.21. The zero-order valence-corrected chi connectivity index (χ0v) is 11.6. The van der Waals surface area contributed by atoms with Gasteiger partial charge in [-0.25, -0.2) is 0 Å². The third-order valence-electron chi connectivity index (χ3n) is 2.62. The van der Waals surface area contributed by atoms with E-state index in [0.717, 1.165) is 12.1 Å². The average molecular weight is 315 g/mol. The molecule has 118 valence electrons. The van der Waals surface area contributed by atoms with Crippen LogP contribution in [0.1, 0.15) is 18.3 Å². The number of halogens is 3. The summed E-state index contributed by atoms with van der Waals surface area (Å²) in [4.78, 5) is 15.6. The monoisotopic (exact) mass is 315 g/mol. The molecular weight excluding hydrogens is 303 g/mol. The van der Waals surface area contributed by atoms with Crippen LogP contribution in [0.15, 0.2) is 28.8 Å². The van der Waals surface area contributed by atoms with E-state index in [1.165, 1.54) is 19.1 Å². The van der Waals surface area contributed by atoms with E-state index in [1.54, 1.807) is 6.92 Å². The highest BCUT2D eigenvalue weighted by Gasteiger charge is 2.34. The standard InChI is InChI=1S/C13H12F3N3O3/c1-7(11(20)18-12-17-8(2)19-22-12)21-10-6-4-3-5-9(10)13(14,15)16/h3-7H,1-2H3,(H,17,18,19,20)/t7-/m0/s1. The van der Waals surface area contributed by atoms with Crippen molar-refractivity contribution in [1.82, 2.24) is 10.1 Å². The number of amides is 1. The maximum absolute atomic E-state index is 12.8. The lowest BCUT2D eigenvalue weighted by molar-refractivity contribution is -0.140. The molecule has 22 heavy (non-hydrogen) atoms. The molecule has 0 spiro atoms. The third-order valence-corrected chi connectivity index (χ3v) is 2.62. The molecular formula is C13H12F3N3O3. The average Bonchev–Trinajstić information content (AvgIpc) is 2.83. The normalized spacial score (nSPS) is 12.8. The van der Waals surface area contributed by atoms with E-state index in [1.807, 2.05) is 0 Å². The molecule has 0 saturated carbocycles. The number of nitrogens with one attached hydrogen (secondary N) is 1. The summed E-state index contributed by atoms with van der Waals surface area (Å²) in [7, 11) is 0. The number of carbonyl (C=O) groups is 1. The van der Waals surface area contributed by atoms with Crippen LogP contribution in [0.2, 0.25) is 0 Å². The van der Waals surface area contributed by atoms with E-state index in [2.05, 4.69) is 20.0 Å². The number of ether oxygens (including phenoxy) is 1. The highest BCUT2D eigenvalue weighted by atomic mass is 19.4. The van der Waals surface area contributed by atoms with E-state index in [0.29, 0.717) is 5.82 Å². The van der Waals surface area contributed by atoms with Gasteiger partial charge in [-0.2, -0.15) is 18.2 Å². The first-order chi connectivity index (χ1) is 10.3. The SMILES string of the molecule is Cc1noc(NC(=O)[C@H](C)Oc2ccccc2C(F)(F)F)n1. The number of benzene rings is 1. The van der Waals surface area contributed by atoms with Gasteiger partial charge in [-0.1, -0.05) is 17.3 Å². The number of hydrogen-bond donors (Lipinski definition) is 1. The Morgan fingerprint density at radius 2 is 2.05 bits per heavy atom. The molecule has 0 fully saturated rings. The molecule has 9 heteroatoms. The lowest BCUT2D eigenvalue weighted by Gasteiger charge is -2.17. The maximum atomic E-state index is 12.8. The maximum Gasteiger partial charge on any atom is 0.419 e. The Balaban J connectivity index is 2.09. The summed E-state index contributed by atoms with van der Waals surface area (Å²) in [5, 5.41) is 5.72. The van der Waals surface area contributed by atoms with Gasteiger partial charge in [0.1, 0.15) is 5.75 Å². The molecule has 1 amide bonds. The number of hydrogen-bond acceptors (Lipinski definition) is 5. The lowest BCUT2D eigenvalue weighted by atomic mass is 10.2. The summed E-state index contributed by atoms with van der Waals surface area (Å²) in [6.07, 6.45) is -5.76. The summed E-state index contributed by atoms with van der Waals surface area (Å²) in [5.74, 6) is -0.828. The van der Waals surface area contributed by atoms with Gasteiger partial charge in [-0.15, -0.1) is 0 Å². The van der Waals surface area contributed by atoms with Gasteiger partial charge >= 0.3 is 12.2 Å². The van der Waals surface area contributed by atoms with Gasteiger partial charge in [-0.05, 0) is 26.0 Å². The molecule has 0 bridgehead atoms. The largest absolute Gasteiger partial charge is 0.480 e. The fraction of sp³-hybridized carbons (Fsp3) is 0.308. The summed E-state index contributed by atoms with van der Waals surface area (Å²) in [6.45, 7) is 2.87. The van der Waals surface area contributed by atoms with Gasteiger partial charge in [0.25, 0.3) is 5.91 Å². The van der Waals surface area contributed by atoms with Crippen molar-refractivity contribution in [2.75, 3.05) is 5.32 Å². The molecule has 1 aromatic carbocycles. The first-order valence-electron chi connectivity index (χ1n) is 6.21. The van der Waals surface area contributed by atoms with E-state index in [9.17, 15) is 18.0 Å². The first kappa shape index (κ1) is 15.8. The minimum Gasteiger partial charge on any atom is -0.480 e. The van der Waals surface area contributed by atoms with Gasteiger partial charge in [0.15, 0.2) is 11.9 Å². The fourth-order valence-electron chi connectivity index (χ4n) is 1.60. The Morgan fingerprint density at radius 3 is 2.64 bits per heavy atom. The molecule has 0 aliphatic heterocycles. The second kappa shape index (κ2) is 6.04. The Bertz CT molecular complexity index is 670. The van der Waals surface area contributed by atoms with Crippen molar-refractivity contribution in [3.05, 3.63) is 35.7 Å². The fourth-order valence-corrected chi connectivity index (χ4v) is 1.60. The molecule has 1 aromatic heterocycles. The van der Waals surface area contributed by atoms with Gasteiger partial charge in [0.2, 0.25) is 0 Å². The highest BCUT2D eigenvalue weighted by Crippen LogP contribution is 2.36. The van der Waals surface area contributed by atoms with Crippen molar-refractivity contribution in [1.29, 1.82) is 0 Å². The minimum absolute atomic E-state index is 0.151. The van der Waals surface area contributed by atoms with Crippen LogP contribution in [0, 0.1) is 6.92 Å². The number of alkyl halides is 3. The third kappa shape index (κ3) is 3.74. The van der Waals surface area contributed by atoms with Crippen molar-refractivity contribution in [2.45, 2.75) is 26.1 Å². The quantitative estimate of drug-likeness (QED) is 0.938. The number of rotatable bonds is 4. The summed E-state index contributed by atoms with van der Waals surface area (Å²) in [6, 6.07) is 4.49. The van der Waals surface area contributed by atoms with Gasteiger partial charge in [0, 0.05) is 0 Å². The highest BCUT2D eigenvalue weighted by molar-refractivity contribution is 5.92. The zero-order chi connectivity index (χ0) is 16.3. The minimum atomic E-state index is -4.57. The van der Waals surface area contributed by atoms with Crippen molar-refractivity contribution in [3.63, 3.8) is 0 Å². The summed E-state index contributed by atoms with van der Waals surface area (Å²) >= 11 is 0. The Labute approximate surface area is 123 Å². The van der Waals surface area contributed by atoms with E-state index >= 15 is 0 Å². The Hall–Kier alpha value is -2.58. The van der Waals surface area contributed by atoms with Crippen LogP contribution < -0.4 is 10.1 Å². The molecule has 0 saturated heterocycles. The molecule has 2 aromatic rings. The van der Waals surface area contributed by atoms with E-state index < -0.39 is 29.5 Å². The molecule has 0 aliphatic carbocycles. The molecule has 0 unspecified atom stereocenters. The van der Waals surface area contributed by atoms with Crippen LogP contribution in [0.4, 0.5) is 19.2 Å². The van der Waals surface area contributed by atoms with Crippen molar-refractivity contribution in [2.24, 2.45) is 0 Å². The van der Waals surface area contributed by atoms with Gasteiger partial charge in [-0.3, -0.25) is 10.1 Å². The predicted octanol–water partition coefficient (Wildman–Crippen LogP) is 2.80. The number of aromatic nitrogens is 2. The molecule has 1 heterocycles. The van der Waals surface area contributed by atoms with Crippen molar-refractivity contribution < 1.29 is 27.2 Å². The zero-order valence-electron chi connectivity index (χ0n) is 11.6. The molecule has 0 aliphatic rings. The number of nitrogens with zero attached hydrogens (tertiary/aromatic N) is 2. The molecule has 6 nitrogen and oxygen atoms in total. The topological polar surface area (TPSA) is 77.2 Å². The number of carbonyl (C=O) groups excluding carboxylic acids is 1. The molecule has 1 N–H and O–H groups in total. The van der Waals surface area contributed by atoms with Gasteiger partial charge in [0.05, 0.1) is 5.56 Å². The second-order valence-electron chi connectivity index (χ2n) is 4.39. The number of aryl methyl sites for hydroxylation is 1. The Kier molecular flexibility index (Phi) is 4.34. The van der Waals surface area contributed by atoms with Crippen LogP contribution >= 0.6 is 0 Å². The Morgan fingerprint density at radius 1 is 1.36 bits per heavy atom. The summed E-state index contributed by atoms with van der Waals surface area (Å²) in [5.41, 5.74) is -0.955. The van der Waals surface area contributed by atoms with Crippen LogP contribution in [0.25, 0.3) is 0 Å². The smallest absolute Gasteiger partial charge is 0.419 e. The predicted molar refractivity (Wildman–Crippen MR) is 69.2 cm³/mol. The molecule has 0 radical (unpaired) electrons. The number of anilines is 1. The van der Waals surface area contributed by atoms with Crippen LogP contribution in [-0.4, -0.2) is 22.2 Å². The van der Waals surface area contributed by atoms with Crippen LogP contribution in [0.3, 0.4) is 0 Å². The van der Waals surface area contributed by atoms with Crippen molar-refractivity contribution >= 4 is 11.9 Å². The van der Waals surface area contributed by atoms with Crippen LogP contribution in [-0.2, 0) is 11.0 Å². The second-order valence-corrected chi connectivity index (χ2v) is 4.39. The van der Waals surface area contributed by atoms with E-state index in [-0.39, 0.29) is 6.01 Å².